The van der Waals surface area contributed by atoms with Crippen molar-refractivity contribution < 1.29 is 4.74 Å². The van der Waals surface area contributed by atoms with E-state index in [4.69, 9.17) is 16.3 Å². The average Bonchev–Trinajstić information content (AvgIpc) is 2.03. The van der Waals surface area contributed by atoms with Crippen LogP contribution in [0.15, 0.2) is 0 Å². The molecule has 1 aliphatic heterocycles. The maximum atomic E-state index is 5.57. The van der Waals surface area contributed by atoms with E-state index in [2.05, 4.69) is 0 Å². The third-order valence-electron chi connectivity index (χ3n) is 1.93. The first-order chi connectivity index (χ1) is 4.93. The van der Waals surface area contributed by atoms with Gasteiger partial charge in [0.15, 0.2) is 0 Å². The molecule has 1 heterocycles. The molecule has 2 heteroatoms. The second-order valence-electron chi connectivity index (χ2n) is 2.82. The molecule has 10 heavy (non-hydrogen) atoms. The minimum Gasteiger partial charge on any atom is -0.378 e. The lowest BCUT2D eigenvalue weighted by Crippen LogP contribution is -2.18. The van der Waals surface area contributed by atoms with Gasteiger partial charge in [-0.1, -0.05) is 0 Å². The molecular formula is C8H15ClO. The molecule has 60 valence electrons. The highest BCUT2D eigenvalue weighted by atomic mass is 35.5. The number of halogens is 1. The van der Waals surface area contributed by atoms with E-state index in [-0.39, 0.29) is 0 Å². The Morgan fingerprint density at radius 1 is 1.40 bits per heavy atom. The molecular weight excluding hydrogens is 148 g/mol. The van der Waals surface area contributed by atoms with Crippen LogP contribution in [0.1, 0.15) is 32.1 Å². The van der Waals surface area contributed by atoms with Crippen molar-refractivity contribution in [1.29, 1.82) is 0 Å². The molecule has 1 fully saturated rings. The van der Waals surface area contributed by atoms with Crippen molar-refractivity contribution in [3.05, 3.63) is 0 Å². The summed E-state index contributed by atoms with van der Waals surface area (Å²) >= 11 is 5.57. The zero-order valence-corrected chi connectivity index (χ0v) is 7.07. The highest BCUT2D eigenvalue weighted by molar-refractivity contribution is 6.17. The van der Waals surface area contributed by atoms with Gasteiger partial charge in [-0.3, -0.25) is 0 Å². The Labute approximate surface area is 67.7 Å². The van der Waals surface area contributed by atoms with E-state index in [1.165, 1.54) is 19.3 Å². The molecule has 0 N–H and O–H groups in total. The fraction of sp³-hybridized carbons (Fsp3) is 1.00. The van der Waals surface area contributed by atoms with Crippen LogP contribution in [-0.4, -0.2) is 18.6 Å². The zero-order valence-electron chi connectivity index (χ0n) is 6.31. The second kappa shape index (κ2) is 4.97. The Bertz CT molecular complexity index is 79.3. The molecule has 1 saturated heterocycles. The van der Waals surface area contributed by atoms with Gasteiger partial charge in [0.2, 0.25) is 0 Å². The van der Waals surface area contributed by atoms with Crippen LogP contribution in [0.2, 0.25) is 0 Å². The molecule has 0 aliphatic carbocycles. The lowest BCUT2D eigenvalue weighted by atomic mass is 10.1. The van der Waals surface area contributed by atoms with Gasteiger partial charge in [0, 0.05) is 12.5 Å². The minimum absolute atomic E-state index is 0.521. The van der Waals surface area contributed by atoms with Crippen molar-refractivity contribution in [2.24, 2.45) is 0 Å². The smallest absolute Gasteiger partial charge is 0.0575 e. The molecule has 0 aromatic rings. The van der Waals surface area contributed by atoms with Crippen LogP contribution in [0.5, 0.6) is 0 Å². The van der Waals surface area contributed by atoms with E-state index in [1.54, 1.807) is 0 Å². The second-order valence-corrected chi connectivity index (χ2v) is 3.20. The Kier molecular flexibility index (Phi) is 4.15. The van der Waals surface area contributed by atoms with Crippen LogP contribution in [0.4, 0.5) is 0 Å². The highest BCUT2D eigenvalue weighted by Gasteiger charge is 2.12. The maximum Gasteiger partial charge on any atom is 0.0575 e. The number of hydrogen-bond donors (Lipinski definition) is 0. The zero-order chi connectivity index (χ0) is 7.23. The first-order valence-electron chi connectivity index (χ1n) is 4.11. The van der Waals surface area contributed by atoms with Crippen LogP contribution in [0.25, 0.3) is 0 Å². The van der Waals surface area contributed by atoms with Gasteiger partial charge in [0.05, 0.1) is 6.10 Å². The summed E-state index contributed by atoms with van der Waals surface area (Å²) in [5, 5.41) is 0. The van der Waals surface area contributed by atoms with Crippen molar-refractivity contribution in [2.45, 2.75) is 38.2 Å². The Hall–Kier alpha value is 0.250. The van der Waals surface area contributed by atoms with Gasteiger partial charge in [-0.25, -0.2) is 0 Å². The summed E-state index contributed by atoms with van der Waals surface area (Å²) in [6.07, 6.45) is 6.62. The molecule has 0 spiro atoms. The first kappa shape index (κ1) is 8.35. The molecule has 0 aromatic heterocycles. The number of hydrogen-bond acceptors (Lipinski definition) is 1. The molecule has 0 bridgehead atoms. The van der Waals surface area contributed by atoms with Crippen LogP contribution in [0, 0.1) is 0 Å². The van der Waals surface area contributed by atoms with E-state index in [0.29, 0.717) is 6.10 Å². The van der Waals surface area contributed by atoms with Gasteiger partial charge in [-0.15, -0.1) is 11.6 Å². The Morgan fingerprint density at radius 2 is 2.30 bits per heavy atom. The topological polar surface area (TPSA) is 9.23 Å². The number of rotatable bonds is 3. The quantitative estimate of drug-likeness (QED) is 0.580. The molecule has 1 atom stereocenters. The van der Waals surface area contributed by atoms with E-state index in [9.17, 15) is 0 Å². The van der Waals surface area contributed by atoms with Gasteiger partial charge in [0.25, 0.3) is 0 Å². The molecule has 0 aromatic carbocycles. The average molecular weight is 163 g/mol. The van der Waals surface area contributed by atoms with Gasteiger partial charge >= 0.3 is 0 Å². The Balaban J connectivity index is 2.02. The van der Waals surface area contributed by atoms with E-state index >= 15 is 0 Å². The summed E-state index contributed by atoms with van der Waals surface area (Å²) in [6.45, 7) is 0.965. The van der Waals surface area contributed by atoms with Crippen molar-refractivity contribution in [1.82, 2.24) is 0 Å². The van der Waals surface area contributed by atoms with E-state index < -0.39 is 0 Å². The monoisotopic (exact) mass is 162 g/mol. The van der Waals surface area contributed by atoms with Crippen LogP contribution >= 0.6 is 11.6 Å². The Morgan fingerprint density at radius 3 is 2.90 bits per heavy atom. The van der Waals surface area contributed by atoms with Crippen LogP contribution < -0.4 is 0 Å². The van der Waals surface area contributed by atoms with E-state index in [1.807, 2.05) is 0 Å². The van der Waals surface area contributed by atoms with Crippen molar-refractivity contribution in [3.8, 4) is 0 Å². The summed E-state index contributed by atoms with van der Waals surface area (Å²) in [5.74, 6) is 0.778. The first-order valence-corrected chi connectivity index (χ1v) is 4.64. The van der Waals surface area contributed by atoms with Crippen LogP contribution in [0.3, 0.4) is 0 Å². The summed E-state index contributed by atoms with van der Waals surface area (Å²) < 4.78 is 5.52. The van der Waals surface area contributed by atoms with Gasteiger partial charge in [0.1, 0.15) is 0 Å². The summed E-state index contributed by atoms with van der Waals surface area (Å²) in [5.41, 5.74) is 0. The molecule has 0 amide bonds. The standard InChI is InChI=1S/C8H15ClO/c9-6-3-5-8-4-1-2-7-10-8/h8H,1-7H2. The fourth-order valence-corrected chi connectivity index (χ4v) is 1.49. The SMILES string of the molecule is ClCCCC1CCCCO1. The van der Waals surface area contributed by atoms with Crippen LogP contribution in [-0.2, 0) is 4.74 Å². The van der Waals surface area contributed by atoms with E-state index in [0.717, 1.165) is 25.3 Å². The molecule has 1 nitrogen and oxygen atoms in total. The fourth-order valence-electron chi connectivity index (χ4n) is 1.34. The van der Waals surface area contributed by atoms with Gasteiger partial charge in [-0.2, -0.15) is 0 Å². The normalized spacial score (nSPS) is 26.7. The number of alkyl halides is 1. The van der Waals surface area contributed by atoms with Gasteiger partial charge in [-0.05, 0) is 32.1 Å². The van der Waals surface area contributed by atoms with Gasteiger partial charge < -0.3 is 4.74 Å². The molecule has 1 unspecified atom stereocenters. The molecule has 0 saturated carbocycles. The lowest BCUT2D eigenvalue weighted by molar-refractivity contribution is 0.0110. The predicted molar refractivity (Wildman–Crippen MR) is 43.5 cm³/mol. The molecule has 1 rings (SSSR count). The highest BCUT2D eigenvalue weighted by Crippen LogP contribution is 2.16. The van der Waals surface area contributed by atoms with Crippen molar-refractivity contribution >= 4 is 11.6 Å². The molecule has 0 radical (unpaired) electrons. The summed E-state index contributed by atoms with van der Waals surface area (Å²) in [7, 11) is 0. The third-order valence-corrected chi connectivity index (χ3v) is 2.20. The summed E-state index contributed by atoms with van der Waals surface area (Å²) in [4.78, 5) is 0. The minimum atomic E-state index is 0.521. The molecule has 1 aliphatic rings. The largest absolute Gasteiger partial charge is 0.378 e. The summed E-state index contributed by atoms with van der Waals surface area (Å²) in [6, 6.07) is 0. The van der Waals surface area contributed by atoms with Crippen molar-refractivity contribution in [2.75, 3.05) is 12.5 Å². The predicted octanol–water partition coefficient (Wildman–Crippen LogP) is 2.57. The maximum absolute atomic E-state index is 5.57. The lowest BCUT2D eigenvalue weighted by Gasteiger charge is -2.21. The third kappa shape index (κ3) is 2.89. The number of ether oxygens (including phenoxy) is 1. The van der Waals surface area contributed by atoms with Crippen molar-refractivity contribution in [3.63, 3.8) is 0 Å².